The number of phenolic OH excluding ortho intramolecular Hbond substituents is 1. The van der Waals surface area contributed by atoms with Crippen molar-refractivity contribution in [2.75, 3.05) is 14.2 Å². The van der Waals surface area contributed by atoms with Crippen molar-refractivity contribution >= 4 is 11.9 Å². The Kier molecular flexibility index (Phi) is 6.43. The predicted octanol–water partition coefficient (Wildman–Crippen LogP) is 2.57. The number of carboxylic acids is 1. The molecule has 0 unspecified atom stereocenters. The van der Waals surface area contributed by atoms with Crippen molar-refractivity contribution in [1.82, 2.24) is 0 Å². The zero-order valence-electron chi connectivity index (χ0n) is 12.1. The summed E-state index contributed by atoms with van der Waals surface area (Å²) < 4.78 is 9.24. The smallest absolute Gasteiger partial charge is 0.341 e. The molecule has 2 rings (SSSR count). The van der Waals surface area contributed by atoms with Crippen LogP contribution in [0.3, 0.4) is 0 Å². The molecule has 0 amide bonds. The van der Waals surface area contributed by atoms with Crippen molar-refractivity contribution < 1.29 is 29.3 Å². The SMILES string of the molecule is COC(=O)c1ccccc1O.COc1ccccc1C(=O)O. The van der Waals surface area contributed by atoms with E-state index >= 15 is 0 Å². The molecule has 0 radical (unpaired) electrons. The largest absolute Gasteiger partial charge is 0.507 e. The average Bonchev–Trinajstić information content (AvgIpc) is 2.55. The predicted molar refractivity (Wildman–Crippen MR) is 79.4 cm³/mol. The highest BCUT2D eigenvalue weighted by molar-refractivity contribution is 5.92. The number of esters is 1. The van der Waals surface area contributed by atoms with Gasteiger partial charge in [-0.2, -0.15) is 0 Å². The van der Waals surface area contributed by atoms with Crippen molar-refractivity contribution in [3.8, 4) is 11.5 Å². The average molecular weight is 304 g/mol. The van der Waals surface area contributed by atoms with Crippen LogP contribution in [0.5, 0.6) is 11.5 Å². The van der Waals surface area contributed by atoms with Gasteiger partial charge in [-0.1, -0.05) is 24.3 Å². The van der Waals surface area contributed by atoms with Gasteiger partial charge in [0.25, 0.3) is 0 Å². The fraction of sp³-hybridized carbons (Fsp3) is 0.125. The van der Waals surface area contributed by atoms with E-state index in [1.165, 1.54) is 32.4 Å². The molecule has 2 aromatic carbocycles. The molecule has 0 heterocycles. The van der Waals surface area contributed by atoms with Crippen molar-refractivity contribution in [3.05, 3.63) is 59.7 Å². The molecule has 0 saturated carbocycles. The molecule has 2 aromatic rings. The molecular formula is C16H16O6. The molecule has 6 heteroatoms. The summed E-state index contributed by atoms with van der Waals surface area (Å²) in [6.07, 6.45) is 0. The summed E-state index contributed by atoms with van der Waals surface area (Å²) in [4.78, 5) is 21.4. The van der Waals surface area contributed by atoms with Crippen LogP contribution in [0.4, 0.5) is 0 Å². The van der Waals surface area contributed by atoms with Gasteiger partial charge in [-0.3, -0.25) is 0 Å². The number of hydrogen-bond acceptors (Lipinski definition) is 5. The second-order valence-electron chi connectivity index (χ2n) is 4.01. The third-order valence-corrected chi connectivity index (χ3v) is 2.65. The van der Waals surface area contributed by atoms with Gasteiger partial charge >= 0.3 is 11.9 Å². The van der Waals surface area contributed by atoms with E-state index in [1.807, 2.05) is 0 Å². The van der Waals surface area contributed by atoms with Gasteiger partial charge in [0, 0.05) is 0 Å². The second-order valence-corrected chi connectivity index (χ2v) is 4.01. The maximum Gasteiger partial charge on any atom is 0.341 e. The zero-order chi connectivity index (χ0) is 16.5. The normalized spacial score (nSPS) is 9.18. The summed E-state index contributed by atoms with van der Waals surface area (Å²) in [5.41, 5.74) is 0.380. The molecule has 0 saturated heterocycles. The maximum absolute atomic E-state index is 10.9. The third-order valence-electron chi connectivity index (χ3n) is 2.65. The lowest BCUT2D eigenvalue weighted by molar-refractivity contribution is 0.0596. The van der Waals surface area contributed by atoms with Gasteiger partial charge in [-0.25, -0.2) is 9.59 Å². The molecule has 0 aliphatic carbocycles. The lowest BCUT2D eigenvalue weighted by Gasteiger charge is -2.01. The first-order valence-corrected chi connectivity index (χ1v) is 6.23. The molecule has 0 atom stereocenters. The van der Waals surface area contributed by atoms with Crippen LogP contribution in [-0.4, -0.2) is 36.4 Å². The van der Waals surface area contributed by atoms with Gasteiger partial charge in [0.15, 0.2) is 0 Å². The first-order chi connectivity index (χ1) is 10.5. The highest BCUT2D eigenvalue weighted by Gasteiger charge is 2.08. The van der Waals surface area contributed by atoms with Crippen LogP contribution >= 0.6 is 0 Å². The number of rotatable bonds is 3. The Morgan fingerprint density at radius 2 is 1.45 bits per heavy atom. The van der Waals surface area contributed by atoms with Crippen LogP contribution in [0.25, 0.3) is 0 Å². The molecule has 0 spiro atoms. The first-order valence-electron chi connectivity index (χ1n) is 6.23. The number of carboxylic acid groups (broad SMARTS) is 1. The molecule has 0 fully saturated rings. The fourth-order valence-electron chi connectivity index (χ4n) is 1.58. The Hall–Kier alpha value is -3.02. The summed E-state index contributed by atoms with van der Waals surface area (Å²) in [6.45, 7) is 0. The number of hydrogen-bond donors (Lipinski definition) is 2. The topological polar surface area (TPSA) is 93.1 Å². The summed E-state index contributed by atoms with van der Waals surface area (Å²) in [5.74, 6) is -1.16. The van der Waals surface area contributed by atoms with Crippen LogP contribution in [-0.2, 0) is 4.74 Å². The van der Waals surface area contributed by atoms with E-state index < -0.39 is 11.9 Å². The lowest BCUT2D eigenvalue weighted by Crippen LogP contribution is -2.00. The van der Waals surface area contributed by atoms with Gasteiger partial charge in [0.1, 0.15) is 22.6 Å². The lowest BCUT2D eigenvalue weighted by atomic mass is 10.2. The quantitative estimate of drug-likeness (QED) is 0.847. The second kappa shape index (κ2) is 8.31. The van der Waals surface area contributed by atoms with E-state index in [0.29, 0.717) is 5.75 Å². The first kappa shape index (κ1) is 17.0. The van der Waals surface area contributed by atoms with Crippen LogP contribution in [0, 0.1) is 0 Å². The van der Waals surface area contributed by atoms with E-state index in [-0.39, 0.29) is 16.9 Å². The van der Waals surface area contributed by atoms with Crippen molar-refractivity contribution in [2.45, 2.75) is 0 Å². The van der Waals surface area contributed by atoms with Crippen LogP contribution in [0.2, 0.25) is 0 Å². The number of carbonyl (C=O) groups is 2. The minimum atomic E-state index is -0.970. The van der Waals surface area contributed by atoms with Gasteiger partial charge in [-0.05, 0) is 24.3 Å². The monoisotopic (exact) mass is 304 g/mol. The Labute approximate surface area is 127 Å². The van der Waals surface area contributed by atoms with E-state index in [9.17, 15) is 9.59 Å². The highest BCUT2D eigenvalue weighted by atomic mass is 16.5. The number of methoxy groups -OCH3 is 2. The fourth-order valence-corrected chi connectivity index (χ4v) is 1.58. The number of para-hydroxylation sites is 2. The maximum atomic E-state index is 10.9. The van der Waals surface area contributed by atoms with E-state index in [1.54, 1.807) is 30.3 Å². The van der Waals surface area contributed by atoms with E-state index in [2.05, 4.69) is 4.74 Å². The Balaban J connectivity index is 0.000000220. The number of aromatic carboxylic acids is 1. The summed E-state index contributed by atoms with van der Waals surface area (Å²) in [7, 11) is 2.72. The Bertz CT molecular complexity index is 651. The number of benzene rings is 2. The molecule has 0 aliphatic rings. The van der Waals surface area contributed by atoms with Crippen molar-refractivity contribution in [3.63, 3.8) is 0 Å². The molecule has 22 heavy (non-hydrogen) atoms. The number of carbonyl (C=O) groups excluding carboxylic acids is 1. The molecule has 116 valence electrons. The van der Waals surface area contributed by atoms with Gasteiger partial charge < -0.3 is 19.7 Å². The summed E-state index contributed by atoms with van der Waals surface area (Å²) >= 11 is 0. The molecule has 0 aromatic heterocycles. The molecular weight excluding hydrogens is 288 g/mol. The van der Waals surface area contributed by atoms with Crippen LogP contribution < -0.4 is 4.74 Å². The van der Waals surface area contributed by atoms with Gasteiger partial charge in [-0.15, -0.1) is 0 Å². The van der Waals surface area contributed by atoms with E-state index in [4.69, 9.17) is 14.9 Å². The summed E-state index contributed by atoms with van der Waals surface area (Å²) in [5, 5.41) is 17.7. The molecule has 0 aliphatic heterocycles. The molecule has 2 N–H and O–H groups in total. The van der Waals surface area contributed by atoms with Gasteiger partial charge in [0.05, 0.1) is 14.2 Å². The van der Waals surface area contributed by atoms with Gasteiger partial charge in [0.2, 0.25) is 0 Å². The highest BCUT2D eigenvalue weighted by Crippen LogP contribution is 2.16. The third kappa shape index (κ3) is 4.52. The Morgan fingerprint density at radius 3 is 1.91 bits per heavy atom. The molecule has 6 nitrogen and oxygen atoms in total. The Morgan fingerprint density at radius 1 is 0.909 bits per heavy atom. The number of ether oxygens (including phenoxy) is 2. The zero-order valence-corrected chi connectivity index (χ0v) is 12.1. The van der Waals surface area contributed by atoms with Crippen molar-refractivity contribution in [1.29, 1.82) is 0 Å². The number of aromatic hydroxyl groups is 1. The van der Waals surface area contributed by atoms with Crippen LogP contribution in [0.1, 0.15) is 20.7 Å². The molecule has 0 bridgehead atoms. The van der Waals surface area contributed by atoms with Crippen molar-refractivity contribution in [2.24, 2.45) is 0 Å². The minimum Gasteiger partial charge on any atom is -0.507 e. The number of phenols is 1. The standard InChI is InChI=1S/2C8H8O3/c1-11-7-5-3-2-4-6(7)8(9)10;1-11-8(10)6-4-2-3-5-7(6)9/h2-5H,1H3,(H,9,10);2-5,9H,1H3. The minimum absolute atomic E-state index is 0.0562. The van der Waals surface area contributed by atoms with Crippen LogP contribution in [0.15, 0.2) is 48.5 Å². The van der Waals surface area contributed by atoms with E-state index in [0.717, 1.165) is 0 Å². The summed E-state index contributed by atoms with van der Waals surface area (Å²) in [6, 6.07) is 12.7.